The average molecular weight is 426 g/mol. The Balaban J connectivity index is 1.57. The van der Waals surface area contributed by atoms with Gasteiger partial charge in [0.1, 0.15) is 18.1 Å². The fraction of sp³-hybridized carbons (Fsp3) is 0.0476. The predicted molar refractivity (Wildman–Crippen MR) is 112 cm³/mol. The number of benzene rings is 3. The summed E-state index contributed by atoms with van der Waals surface area (Å²) in [7, 11) is 0. The summed E-state index contributed by atoms with van der Waals surface area (Å²) in [5, 5.41) is 24.9. The Kier molecular flexibility index (Phi) is 6.61. The molecule has 0 saturated heterocycles. The average Bonchev–Trinajstić information content (AvgIpc) is 2.74. The maximum Gasteiger partial charge on any atom is 0.271 e. The fourth-order valence-corrected chi connectivity index (χ4v) is 2.56. The van der Waals surface area contributed by atoms with Crippen molar-refractivity contribution in [3.05, 3.63) is 98.6 Å². The molecule has 2 N–H and O–H groups in total. The number of phenols is 1. The first-order chi connectivity index (χ1) is 14.4. The number of nitro benzene ring substituents is 1. The molecule has 152 valence electrons. The lowest BCUT2D eigenvalue weighted by Gasteiger charge is -2.07. The van der Waals surface area contributed by atoms with Crippen LogP contribution in [0.4, 0.5) is 5.69 Å². The predicted octanol–water partition coefficient (Wildman–Crippen LogP) is 4.30. The number of ether oxygens (including phenoxy) is 1. The van der Waals surface area contributed by atoms with Gasteiger partial charge in [0.05, 0.1) is 11.1 Å². The molecule has 0 aliphatic carbocycles. The molecule has 8 nitrogen and oxygen atoms in total. The molecule has 0 bridgehead atoms. The molecule has 0 fully saturated rings. The Morgan fingerprint density at radius 3 is 2.50 bits per heavy atom. The van der Waals surface area contributed by atoms with E-state index < -0.39 is 10.8 Å². The zero-order chi connectivity index (χ0) is 21.5. The number of aromatic hydroxyl groups is 1. The maximum absolute atomic E-state index is 12.2. The van der Waals surface area contributed by atoms with E-state index in [-0.39, 0.29) is 17.0 Å². The summed E-state index contributed by atoms with van der Waals surface area (Å²) >= 11 is 5.85. The van der Waals surface area contributed by atoms with E-state index in [0.29, 0.717) is 22.9 Å². The summed E-state index contributed by atoms with van der Waals surface area (Å²) in [6, 6.07) is 17.2. The quantitative estimate of drug-likeness (QED) is 0.333. The molecule has 0 radical (unpaired) electrons. The topological polar surface area (TPSA) is 114 Å². The zero-order valence-electron chi connectivity index (χ0n) is 15.5. The number of phenolic OH excluding ortho intramolecular Hbond substituents is 1. The maximum atomic E-state index is 12.2. The van der Waals surface area contributed by atoms with Crippen LogP contribution >= 0.6 is 11.6 Å². The van der Waals surface area contributed by atoms with E-state index in [9.17, 15) is 20.0 Å². The third-order valence-electron chi connectivity index (χ3n) is 4.03. The molecule has 3 rings (SSSR count). The first-order valence-electron chi connectivity index (χ1n) is 8.70. The first-order valence-corrected chi connectivity index (χ1v) is 9.08. The minimum atomic E-state index is -0.591. The molecule has 9 heteroatoms. The van der Waals surface area contributed by atoms with Gasteiger partial charge in [-0.25, -0.2) is 5.43 Å². The van der Waals surface area contributed by atoms with Gasteiger partial charge >= 0.3 is 0 Å². The van der Waals surface area contributed by atoms with Crippen LogP contribution in [0.25, 0.3) is 0 Å². The van der Waals surface area contributed by atoms with Gasteiger partial charge in [0.25, 0.3) is 11.6 Å². The third kappa shape index (κ3) is 5.55. The number of nitrogens with one attached hydrogen (secondary N) is 1. The van der Waals surface area contributed by atoms with E-state index in [1.807, 2.05) is 12.1 Å². The second-order valence-corrected chi connectivity index (χ2v) is 6.58. The van der Waals surface area contributed by atoms with E-state index in [4.69, 9.17) is 16.3 Å². The molecule has 1 amide bonds. The highest BCUT2D eigenvalue weighted by Crippen LogP contribution is 2.21. The lowest BCUT2D eigenvalue weighted by atomic mass is 10.2. The molecule has 30 heavy (non-hydrogen) atoms. The summed E-state index contributed by atoms with van der Waals surface area (Å²) in [5.41, 5.74) is 3.51. The number of hydrogen-bond donors (Lipinski definition) is 2. The minimum absolute atomic E-state index is 0.107. The van der Waals surface area contributed by atoms with Gasteiger partial charge < -0.3 is 9.84 Å². The van der Waals surface area contributed by atoms with Gasteiger partial charge in [0, 0.05) is 28.3 Å². The first kappa shape index (κ1) is 20.8. The molecule has 0 aliphatic rings. The Bertz CT molecular complexity index is 1080. The van der Waals surface area contributed by atoms with Gasteiger partial charge in [-0.1, -0.05) is 23.7 Å². The molecule has 0 atom stereocenters. The summed E-state index contributed by atoms with van der Waals surface area (Å²) in [5.74, 6) is -0.0901. The molecule has 3 aromatic rings. The summed E-state index contributed by atoms with van der Waals surface area (Å²) in [4.78, 5) is 22.4. The molecule has 0 aliphatic heterocycles. The van der Waals surface area contributed by atoms with Gasteiger partial charge in [0.15, 0.2) is 0 Å². The van der Waals surface area contributed by atoms with Crippen molar-refractivity contribution in [2.24, 2.45) is 5.10 Å². The van der Waals surface area contributed by atoms with Gasteiger partial charge in [-0.2, -0.15) is 5.10 Å². The van der Waals surface area contributed by atoms with Gasteiger partial charge in [-0.3, -0.25) is 14.9 Å². The Hall–Kier alpha value is -3.91. The number of non-ortho nitro benzene ring substituents is 1. The van der Waals surface area contributed by atoms with E-state index in [1.54, 1.807) is 36.4 Å². The van der Waals surface area contributed by atoms with E-state index in [1.165, 1.54) is 12.1 Å². The summed E-state index contributed by atoms with van der Waals surface area (Å²) in [6.45, 7) is 0.361. The normalized spacial score (nSPS) is 10.7. The van der Waals surface area contributed by atoms with Crippen LogP contribution in [-0.2, 0) is 6.61 Å². The lowest BCUT2D eigenvalue weighted by Crippen LogP contribution is -2.17. The van der Waals surface area contributed by atoms with Crippen molar-refractivity contribution in [1.82, 2.24) is 5.43 Å². The second kappa shape index (κ2) is 9.53. The van der Waals surface area contributed by atoms with Gasteiger partial charge in [-0.15, -0.1) is 0 Å². The van der Waals surface area contributed by atoms with Crippen LogP contribution in [0.1, 0.15) is 21.5 Å². The number of hydrogen-bond acceptors (Lipinski definition) is 6. The van der Waals surface area contributed by atoms with Crippen LogP contribution in [0.15, 0.2) is 71.8 Å². The molecule has 0 unspecified atom stereocenters. The number of rotatable bonds is 7. The van der Waals surface area contributed by atoms with Crippen molar-refractivity contribution in [3.8, 4) is 11.5 Å². The van der Waals surface area contributed by atoms with Crippen molar-refractivity contribution in [3.63, 3.8) is 0 Å². The lowest BCUT2D eigenvalue weighted by molar-refractivity contribution is -0.384. The van der Waals surface area contributed by atoms with Gasteiger partial charge in [0.2, 0.25) is 0 Å². The number of nitro groups is 1. The molecular formula is C21H16ClN3O5. The van der Waals surface area contributed by atoms with Crippen LogP contribution in [0.3, 0.4) is 0 Å². The highest BCUT2D eigenvalue weighted by Gasteiger charge is 2.09. The Morgan fingerprint density at radius 1 is 1.13 bits per heavy atom. The standard InChI is InChI=1S/C21H16ClN3O5/c22-17-5-1-14(2-6-17)13-30-19-8-3-15(4-9-19)21(27)24-23-12-16-11-18(25(28)29)7-10-20(16)26/h1-12,26H,13H2,(H,24,27). The molecule has 0 spiro atoms. The van der Waals surface area contributed by atoms with Crippen LogP contribution in [0, 0.1) is 10.1 Å². The third-order valence-corrected chi connectivity index (χ3v) is 4.28. The Morgan fingerprint density at radius 2 is 1.83 bits per heavy atom. The molecule has 0 aromatic heterocycles. The second-order valence-electron chi connectivity index (χ2n) is 6.14. The fourth-order valence-electron chi connectivity index (χ4n) is 2.43. The number of hydrazone groups is 1. The van der Waals surface area contributed by atoms with Crippen LogP contribution in [0.2, 0.25) is 5.02 Å². The number of carbonyl (C=O) groups is 1. The SMILES string of the molecule is O=C(NN=Cc1cc([N+](=O)[O-])ccc1O)c1ccc(OCc2ccc(Cl)cc2)cc1. The largest absolute Gasteiger partial charge is 0.507 e. The highest BCUT2D eigenvalue weighted by molar-refractivity contribution is 6.30. The van der Waals surface area contributed by atoms with Gasteiger partial charge in [-0.05, 0) is 48.0 Å². The Labute approximate surface area is 176 Å². The van der Waals surface area contributed by atoms with Crippen molar-refractivity contribution in [1.29, 1.82) is 0 Å². The number of nitrogens with zero attached hydrogens (tertiary/aromatic N) is 2. The number of carbonyl (C=O) groups excluding carboxylic acids is 1. The van der Waals surface area contributed by atoms with Crippen molar-refractivity contribution in [2.75, 3.05) is 0 Å². The van der Waals surface area contributed by atoms with E-state index in [2.05, 4.69) is 10.5 Å². The summed E-state index contributed by atoms with van der Waals surface area (Å²) in [6.07, 6.45) is 1.13. The van der Waals surface area contributed by atoms with Crippen LogP contribution < -0.4 is 10.2 Å². The molecule has 0 saturated carbocycles. The van der Waals surface area contributed by atoms with E-state index in [0.717, 1.165) is 17.8 Å². The van der Waals surface area contributed by atoms with E-state index >= 15 is 0 Å². The number of amides is 1. The minimum Gasteiger partial charge on any atom is -0.507 e. The van der Waals surface area contributed by atoms with Crippen LogP contribution in [-0.4, -0.2) is 22.2 Å². The monoisotopic (exact) mass is 425 g/mol. The zero-order valence-corrected chi connectivity index (χ0v) is 16.2. The highest BCUT2D eigenvalue weighted by atomic mass is 35.5. The summed E-state index contributed by atoms with van der Waals surface area (Å²) < 4.78 is 5.66. The molecule has 3 aromatic carbocycles. The smallest absolute Gasteiger partial charge is 0.271 e. The van der Waals surface area contributed by atoms with Crippen molar-refractivity contribution >= 4 is 29.4 Å². The van der Waals surface area contributed by atoms with Crippen LogP contribution in [0.5, 0.6) is 11.5 Å². The van der Waals surface area contributed by atoms with Crippen molar-refractivity contribution in [2.45, 2.75) is 6.61 Å². The molecule has 0 heterocycles. The van der Waals surface area contributed by atoms with Crippen molar-refractivity contribution < 1.29 is 19.6 Å². The molecular weight excluding hydrogens is 410 g/mol. The number of halogens is 1.